The van der Waals surface area contributed by atoms with Crippen LogP contribution in [0.3, 0.4) is 0 Å². The number of benzene rings is 6. The van der Waals surface area contributed by atoms with Crippen LogP contribution in [-0.2, 0) is 0 Å². The van der Waals surface area contributed by atoms with Gasteiger partial charge in [-0.05, 0) is 85.8 Å². The third kappa shape index (κ3) is 3.15. The number of fused-ring (bicyclic) bond motifs is 5. The number of phenols is 1. The lowest BCUT2D eigenvalue weighted by molar-refractivity contribution is 0.101. The van der Waals surface area contributed by atoms with Crippen molar-refractivity contribution in [1.82, 2.24) is 0 Å². The lowest BCUT2D eigenvalue weighted by Gasteiger charge is -2.16. The molecule has 0 fully saturated rings. The quantitative estimate of drug-likeness (QED) is 0.222. The van der Waals surface area contributed by atoms with E-state index in [9.17, 15) is 9.90 Å². The van der Waals surface area contributed by atoms with Crippen LogP contribution in [0.25, 0.3) is 54.6 Å². The molecule has 0 aliphatic heterocycles. The van der Waals surface area contributed by atoms with Crippen molar-refractivity contribution < 1.29 is 9.90 Å². The highest BCUT2D eigenvalue weighted by molar-refractivity contribution is 6.23. The van der Waals surface area contributed by atoms with Gasteiger partial charge in [0.05, 0.1) is 5.56 Å². The topological polar surface area (TPSA) is 37.3 Å². The average Bonchev–Trinajstić information content (AvgIpc) is 2.88. The number of hydrogen-bond acceptors (Lipinski definition) is 2. The van der Waals surface area contributed by atoms with Crippen LogP contribution >= 0.6 is 0 Å². The second-order valence-corrected chi connectivity index (χ2v) is 8.69. The van der Waals surface area contributed by atoms with Crippen LogP contribution in [0.2, 0.25) is 0 Å². The number of rotatable bonds is 3. The van der Waals surface area contributed by atoms with E-state index in [0.29, 0.717) is 5.56 Å². The molecule has 0 aliphatic rings. The molecule has 2 nitrogen and oxygen atoms in total. The Bertz CT molecular complexity index is 1730. The standard InChI is InChI=1S/C32H22O2/c1-20(33)27-17-22(15-16-32(27)34)29-19-31-25-13-7-5-11-23(25)28(21-9-3-2-4-10-21)18-30(31)26-14-8-6-12-24(26)29/h2-19,34H,1H3. The van der Waals surface area contributed by atoms with Gasteiger partial charge in [0.25, 0.3) is 0 Å². The molecule has 0 unspecified atom stereocenters. The minimum atomic E-state index is -0.151. The Balaban J connectivity index is 1.76. The predicted molar refractivity (Wildman–Crippen MR) is 142 cm³/mol. The van der Waals surface area contributed by atoms with Crippen molar-refractivity contribution in [3.05, 3.63) is 115 Å². The maximum Gasteiger partial charge on any atom is 0.163 e. The van der Waals surface area contributed by atoms with Gasteiger partial charge < -0.3 is 5.11 Å². The molecule has 6 aromatic rings. The van der Waals surface area contributed by atoms with Crippen molar-refractivity contribution in [3.8, 4) is 28.0 Å². The van der Waals surface area contributed by atoms with Gasteiger partial charge in [-0.25, -0.2) is 0 Å². The third-order valence-electron chi connectivity index (χ3n) is 6.65. The maximum absolute atomic E-state index is 12.1. The number of Topliss-reactive ketones (excluding diaryl/α,β-unsaturated/α-hetero) is 1. The number of carbonyl (C=O) groups is 1. The lowest BCUT2D eigenvalue weighted by Crippen LogP contribution is -1.94. The van der Waals surface area contributed by atoms with Gasteiger partial charge in [0, 0.05) is 0 Å². The van der Waals surface area contributed by atoms with Gasteiger partial charge in [-0.15, -0.1) is 0 Å². The first-order valence-corrected chi connectivity index (χ1v) is 11.4. The fourth-order valence-electron chi connectivity index (χ4n) is 5.03. The summed E-state index contributed by atoms with van der Waals surface area (Å²) in [6.07, 6.45) is 0. The van der Waals surface area contributed by atoms with E-state index in [0.717, 1.165) is 21.9 Å². The molecule has 0 spiro atoms. The summed E-state index contributed by atoms with van der Waals surface area (Å²) in [4.78, 5) is 12.1. The van der Waals surface area contributed by atoms with Crippen LogP contribution in [0.5, 0.6) is 5.75 Å². The van der Waals surface area contributed by atoms with E-state index in [-0.39, 0.29) is 11.5 Å². The first-order chi connectivity index (χ1) is 16.6. The fraction of sp³-hybridized carbons (Fsp3) is 0.0312. The van der Waals surface area contributed by atoms with Crippen LogP contribution in [-0.4, -0.2) is 10.9 Å². The summed E-state index contributed by atoms with van der Waals surface area (Å²) in [5.74, 6) is -0.137. The lowest BCUT2D eigenvalue weighted by atomic mass is 9.87. The Labute approximate surface area is 197 Å². The van der Waals surface area contributed by atoms with E-state index in [1.165, 1.54) is 39.6 Å². The van der Waals surface area contributed by atoms with Crippen molar-refractivity contribution >= 4 is 38.1 Å². The van der Waals surface area contributed by atoms with Gasteiger partial charge in [0.2, 0.25) is 0 Å². The molecule has 0 heterocycles. The van der Waals surface area contributed by atoms with Crippen LogP contribution in [0.4, 0.5) is 0 Å². The highest BCUT2D eigenvalue weighted by atomic mass is 16.3. The van der Waals surface area contributed by atoms with Crippen LogP contribution in [0.1, 0.15) is 17.3 Å². The van der Waals surface area contributed by atoms with Gasteiger partial charge in [0.1, 0.15) is 5.75 Å². The van der Waals surface area contributed by atoms with Crippen molar-refractivity contribution in [2.75, 3.05) is 0 Å². The normalized spacial score (nSPS) is 11.3. The number of ketones is 1. The molecule has 0 aromatic heterocycles. The Morgan fingerprint density at radius 1 is 0.529 bits per heavy atom. The minimum Gasteiger partial charge on any atom is -0.507 e. The van der Waals surface area contributed by atoms with Gasteiger partial charge in [-0.1, -0.05) is 84.9 Å². The van der Waals surface area contributed by atoms with Gasteiger partial charge in [-0.2, -0.15) is 0 Å². The second-order valence-electron chi connectivity index (χ2n) is 8.69. The van der Waals surface area contributed by atoms with Gasteiger partial charge in [-0.3, -0.25) is 4.79 Å². The highest BCUT2D eigenvalue weighted by Crippen LogP contribution is 2.42. The van der Waals surface area contributed by atoms with Gasteiger partial charge >= 0.3 is 0 Å². The molecule has 6 rings (SSSR count). The molecule has 162 valence electrons. The molecule has 0 aliphatic carbocycles. The zero-order valence-corrected chi connectivity index (χ0v) is 18.7. The van der Waals surface area contributed by atoms with Gasteiger partial charge in [0.15, 0.2) is 5.78 Å². The fourth-order valence-corrected chi connectivity index (χ4v) is 5.03. The summed E-state index contributed by atoms with van der Waals surface area (Å²) in [5, 5.41) is 17.2. The van der Waals surface area contributed by atoms with E-state index in [2.05, 4.69) is 78.9 Å². The summed E-state index contributed by atoms with van der Waals surface area (Å²) in [6, 6.07) is 37.3. The summed E-state index contributed by atoms with van der Waals surface area (Å²) in [7, 11) is 0. The molecule has 0 saturated carbocycles. The molecule has 0 atom stereocenters. The molecule has 0 radical (unpaired) electrons. The summed E-state index contributed by atoms with van der Waals surface area (Å²) in [6.45, 7) is 1.48. The molecule has 1 N–H and O–H groups in total. The van der Waals surface area contributed by atoms with Crippen molar-refractivity contribution in [2.24, 2.45) is 0 Å². The second kappa shape index (κ2) is 7.86. The highest BCUT2D eigenvalue weighted by Gasteiger charge is 2.15. The van der Waals surface area contributed by atoms with E-state index in [1.807, 2.05) is 18.2 Å². The van der Waals surface area contributed by atoms with E-state index in [1.54, 1.807) is 12.1 Å². The monoisotopic (exact) mass is 438 g/mol. The summed E-state index contributed by atoms with van der Waals surface area (Å²) in [5.41, 5.74) is 4.70. The number of hydrogen-bond donors (Lipinski definition) is 1. The van der Waals surface area contributed by atoms with E-state index in [4.69, 9.17) is 0 Å². The Kier molecular flexibility index (Phi) is 4.67. The molecular formula is C32H22O2. The molecule has 6 aromatic carbocycles. The Hall–Kier alpha value is -4.43. The van der Waals surface area contributed by atoms with E-state index >= 15 is 0 Å². The average molecular weight is 439 g/mol. The largest absolute Gasteiger partial charge is 0.507 e. The number of aromatic hydroxyl groups is 1. The van der Waals surface area contributed by atoms with Crippen molar-refractivity contribution in [3.63, 3.8) is 0 Å². The van der Waals surface area contributed by atoms with E-state index < -0.39 is 0 Å². The smallest absolute Gasteiger partial charge is 0.163 e. The minimum absolute atomic E-state index is 0.0132. The zero-order valence-electron chi connectivity index (χ0n) is 18.7. The summed E-state index contributed by atoms with van der Waals surface area (Å²) >= 11 is 0. The molecule has 0 bridgehead atoms. The third-order valence-corrected chi connectivity index (χ3v) is 6.65. The molecule has 0 amide bonds. The number of carbonyl (C=O) groups excluding carboxylic acids is 1. The van der Waals surface area contributed by atoms with Crippen LogP contribution in [0.15, 0.2) is 109 Å². The molecular weight excluding hydrogens is 416 g/mol. The maximum atomic E-state index is 12.1. The zero-order chi connectivity index (χ0) is 23.2. The van der Waals surface area contributed by atoms with Crippen molar-refractivity contribution in [1.29, 1.82) is 0 Å². The first-order valence-electron chi connectivity index (χ1n) is 11.4. The van der Waals surface area contributed by atoms with Crippen molar-refractivity contribution in [2.45, 2.75) is 6.92 Å². The summed E-state index contributed by atoms with van der Waals surface area (Å²) < 4.78 is 0. The molecule has 0 saturated heterocycles. The SMILES string of the molecule is CC(=O)c1cc(-c2cc3c4ccccc4c(-c4ccccc4)cc3c3ccccc23)ccc1O. The Morgan fingerprint density at radius 2 is 1.03 bits per heavy atom. The number of phenolic OH excluding ortho intramolecular Hbond substituents is 1. The van der Waals surface area contributed by atoms with Crippen LogP contribution in [0, 0.1) is 0 Å². The Morgan fingerprint density at radius 3 is 1.59 bits per heavy atom. The molecule has 2 heteroatoms. The molecule has 34 heavy (non-hydrogen) atoms. The predicted octanol–water partition coefficient (Wildman–Crippen LogP) is 8.39. The van der Waals surface area contributed by atoms with Crippen LogP contribution < -0.4 is 0 Å². The first kappa shape index (κ1) is 20.2.